The lowest BCUT2D eigenvalue weighted by atomic mass is 9.86. The number of fused-ring (bicyclic) bond motifs is 3. The van der Waals surface area contributed by atoms with Gasteiger partial charge in [-0.25, -0.2) is 0 Å². The number of aryl methyl sites for hydroxylation is 1. The van der Waals surface area contributed by atoms with Gasteiger partial charge in [0, 0.05) is 22.9 Å². The van der Waals surface area contributed by atoms with Crippen LogP contribution in [-0.2, 0) is 23.2 Å². The van der Waals surface area contributed by atoms with Crippen molar-refractivity contribution in [3.8, 4) is 0 Å². The Labute approximate surface area is 133 Å². The number of rotatable bonds is 4. The minimum atomic E-state index is -0.362. The van der Waals surface area contributed by atoms with Crippen LogP contribution in [0.25, 0.3) is 10.9 Å². The van der Waals surface area contributed by atoms with Crippen molar-refractivity contribution in [2.75, 3.05) is 13.2 Å². The van der Waals surface area contributed by atoms with Crippen LogP contribution in [-0.4, -0.2) is 23.3 Å². The minimum absolute atomic E-state index is 0.146. The summed E-state index contributed by atoms with van der Waals surface area (Å²) in [5.41, 5.74) is 4.72. The first-order valence-electron chi connectivity index (χ1n) is 7.74. The molecule has 1 aromatic heterocycles. The largest absolute Gasteiger partial charge is 0.396 e. The molecule has 0 fully saturated rings. The van der Waals surface area contributed by atoms with Crippen molar-refractivity contribution in [1.82, 2.24) is 4.98 Å². The van der Waals surface area contributed by atoms with E-state index in [1.54, 1.807) is 0 Å². The maximum absolute atomic E-state index is 9.46. The number of nitrogens with one attached hydrogen (secondary N) is 1. The number of aliphatic hydroxyl groups excluding tert-OH is 1. The summed E-state index contributed by atoms with van der Waals surface area (Å²) < 4.78 is 7.27. The van der Waals surface area contributed by atoms with Gasteiger partial charge in [0.05, 0.1) is 17.8 Å². The third kappa shape index (κ3) is 2.24. The monoisotopic (exact) mass is 351 g/mol. The van der Waals surface area contributed by atoms with E-state index in [9.17, 15) is 5.11 Å². The number of H-pyrrole nitrogens is 1. The van der Waals surface area contributed by atoms with Crippen LogP contribution >= 0.6 is 15.9 Å². The lowest BCUT2D eigenvalue weighted by molar-refractivity contribution is -0.0795. The van der Waals surface area contributed by atoms with E-state index in [1.807, 2.05) is 0 Å². The van der Waals surface area contributed by atoms with Gasteiger partial charge in [0.2, 0.25) is 0 Å². The van der Waals surface area contributed by atoms with Crippen LogP contribution in [0.4, 0.5) is 0 Å². The Bertz CT molecular complexity index is 664. The van der Waals surface area contributed by atoms with Crippen LogP contribution < -0.4 is 0 Å². The summed E-state index contributed by atoms with van der Waals surface area (Å²) in [5, 5.41) is 10.8. The van der Waals surface area contributed by atoms with Gasteiger partial charge in [-0.1, -0.05) is 35.8 Å². The van der Waals surface area contributed by atoms with Crippen LogP contribution in [0.5, 0.6) is 0 Å². The van der Waals surface area contributed by atoms with E-state index in [2.05, 4.69) is 46.9 Å². The zero-order chi connectivity index (χ0) is 15.0. The van der Waals surface area contributed by atoms with Crippen molar-refractivity contribution in [3.63, 3.8) is 0 Å². The number of aromatic amines is 1. The first-order valence-corrected chi connectivity index (χ1v) is 8.53. The molecule has 0 saturated carbocycles. The minimum Gasteiger partial charge on any atom is -0.396 e. The number of hydrogen-bond donors (Lipinski definition) is 2. The highest BCUT2D eigenvalue weighted by atomic mass is 79.9. The summed E-state index contributed by atoms with van der Waals surface area (Å²) in [4.78, 5) is 3.64. The van der Waals surface area contributed by atoms with Crippen molar-refractivity contribution >= 4 is 26.8 Å². The number of aromatic nitrogens is 1. The second-order valence-corrected chi connectivity index (χ2v) is 6.55. The molecule has 1 aliphatic heterocycles. The number of benzene rings is 1. The summed E-state index contributed by atoms with van der Waals surface area (Å²) in [6.45, 7) is 5.18. The molecule has 2 heterocycles. The van der Waals surface area contributed by atoms with Crippen LogP contribution in [0, 0.1) is 0 Å². The molecule has 0 saturated heterocycles. The van der Waals surface area contributed by atoms with Gasteiger partial charge in [-0.2, -0.15) is 0 Å². The Morgan fingerprint density at radius 2 is 2.19 bits per heavy atom. The zero-order valence-electron chi connectivity index (χ0n) is 12.6. The maximum atomic E-state index is 9.46. The predicted octanol–water partition coefficient (Wildman–Crippen LogP) is 4.05. The van der Waals surface area contributed by atoms with E-state index >= 15 is 0 Å². The highest BCUT2D eigenvalue weighted by molar-refractivity contribution is 9.10. The summed E-state index contributed by atoms with van der Waals surface area (Å²) in [5.74, 6) is 0. The number of aliphatic hydroxyl groups is 1. The Kier molecular flexibility index (Phi) is 4.12. The summed E-state index contributed by atoms with van der Waals surface area (Å²) in [6, 6.07) is 4.34. The summed E-state index contributed by atoms with van der Waals surface area (Å²) >= 11 is 3.66. The van der Waals surface area contributed by atoms with Crippen LogP contribution in [0.1, 0.15) is 43.5 Å². The van der Waals surface area contributed by atoms with Crippen LogP contribution in [0.15, 0.2) is 16.6 Å². The SMILES string of the molecule is CCc1c(Br)ccc2c3c([nH]c12)C(CC)(CCO)OCC3. The lowest BCUT2D eigenvalue weighted by Gasteiger charge is -2.36. The first kappa shape index (κ1) is 15.1. The molecule has 21 heavy (non-hydrogen) atoms. The van der Waals surface area contributed by atoms with E-state index in [1.165, 1.54) is 27.7 Å². The molecule has 0 radical (unpaired) electrons. The molecule has 0 amide bonds. The second kappa shape index (κ2) is 5.75. The topological polar surface area (TPSA) is 45.2 Å². The molecule has 114 valence electrons. The molecule has 1 aliphatic rings. The molecule has 1 unspecified atom stereocenters. The molecule has 0 aliphatic carbocycles. The summed E-state index contributed by atoms with van der Waals surface area (Å²) in [6.07, 6.45) is 3.44. The van der Waals surface area contributed by atoms with Gasteiger partial charge in [0.25, 0.3) is 0 Å². The predicted molar refractivity (Wildman–Crippen MR) is 88.7 cm³/mol. The van der Waals surface area contributed by atoms with Gasteiger partial charge in [-0.3, -0.25) is 0 Å². The fraction of sp³-hybridized carbons (Fsp3) is 0.529. The average molecular weight is 352 g/mol. The van der Waals surface area contributed by atoms with E-state index in [0.29, 0.717) is 6.42 Å². The van der Waals surface area contributed by atoms with Crippen molar-refractivity contribution in [1.29, 1.82) is 0 Å². The summed E-state index contributed by atoms with van der Waals surface area (Å²) in [7, 11) is 0. The highest BCUT2D eigenvalue weighted by Gasteiger charge is 2.38. The van der Waals surface area contributed by atoms with Gasteiger partial charge in [-0.05, 0) is 36.5 Å². The smallest absolute Gasteiger partial charge is 0.110 e. The molecule has 2 N–H and O–H groups in total. The van der Waals surface area contributed by atoms with E-state index in [-0.39, 0.29) is 12.2 Å². The Morgan fingerprint density at radius 3 is 2.86 bits per heavy atom. The van der Waals surface area contributed by atoms with Crippen molar-refractivity contribution in [2.45, 2.75) is 45.1 Å². The zero-order valence-corrected chi connectivity index (χ0v) is 14.2. The lowest BCUT2D eigenvalue weighted by Crippen LogP contribution is -2.36. The van der Waals surface area contributed by atoms with Crippen molar-refractivity contribution in [3.05, 3.63) is 33.4 Å². The highest BCUT2D eigenvalue weighted by Crippen LogP contribution is 2.42. The normalized spacial score (nSPS) is 21.7. The molecule has 0 spiro atoms. The fourth-order valence-electron chi connectivity index (χ4n) is 3.60. The third-order valence-electron chi connectivity index (χ3n) is 4.76. The molecule has 4 heteroatoms. The molecule has 2 aromatic rings. The van der Waals surface area contributed by atoms with Gasteiger partial charge in [0.15, 0.2) is 0 Å². The van der Waals surface area contributed by atoms with E-state index < -0.39 is 0 Å². The number of hydrogen-bond acceptors (Lipinski definition) is 2. The first-order chi connectivity index (χ1) is 10.2. The van der Waals surface area contributed by atoms with Gasteiger partial charge >= 0.3 is 0 Å². The standard InChI is InChI=1S/C17H22BrNO2/c1-3-11-14(18)6-5-12-13-7-10-21-17(4-2,8-9-20)16(13)19-15(11)12/h5-6,19-20H,3-4,7-10H2,1-2H3. The van der Waals surface area contributed by atoms with Crippen molar-refractivity contribution < 1.29 is 9.84 Å². The Balaban J connectivity index is 2.27. The Morgan fingerprint density at radius 1 is 1.38 bits per heavy atom. The molecule has 3 rings (SSSR count). The van der Waals surface area contributed by atoms with Gasteiger partial charge in [0.1, 0.15) is 5.60 Å². The molecular formula is C17H22BrNO2. The van der Waals surface area contributed by atoms with Gasteiger partial charge in [-0.15, -0.1) is 0 Å². The number of ether oxygens (including phenoxy) is 1. The quantitative estimate of drug-likeness (QED) is 0.872. The van der Waals surface area contributed by atoms with Crippen LogP contribution in [0.3, 0.4) is 0 Å². The van der Waals surface area contributed by atoms with E-state index in [4.69, 9.17) is 4.74 Å². The van der Waals surface area contributed by atoms with Gasteiger partial charge < -0.3 is 14.8 Å². The molecule has 3 nitrogen and oxygen atoms in total. The van der Waals surface area contributed by atoms with Crippen LogP contribution in [0.2, 0.25) is 0 Å². The molecule has 1 atom stereocenters. The third-order valence-corrected chi connectivity index (χ3v) is 5.50. The average Bonchev–Trinajstić information content (AvgIpc) is 2.87. The molecule has 0 bridgehead atoms. The second-order valence-electron chi connectivity index (χ2n) is 5.70. The number of halogens is 1. The molecule has 1 aromatic carbocycles. The maximum Gasteiger partial charge on any atom is 0.110 e. The fourth-order valence-corrected chi connectivity index (χ4v) is 4.21. The molecular weight excluding hydrogens is 330 g/mol. The Hall–Kier alpha value is -0.840. The van der Waals surface area contributed by atoms with E-state index in [0.717, 1.165) is 30.3 Å². The van der Waals surface area contributed by atoms with Crippen molar-refractivity contribution in [2.24, 2.45) is 0 Å².